The minimum atomic E-state index is 0.610. The lowest BCUT2D eigenvalue weighted by Crippen LogP contribution is -2.08. The summed E-state index contributed by atoms with van der Waals surface area (Å²) in [5.41, 5.74) is 2.64. The summed E-state index contributed by atoms with van der Waals surface area (Å²) in [6.07, 6.45) is 2.15. The molecule has 92 valence electrons. The average molecular weight is 231 g/mol. The van der Waals surface area contributed by atoms with Gasteiger partial charge in [0.05, 0.1) is 6.61 Å². The Morgan fingerprint density at radius 3 is 2.82 bits per heavy atom. The third-order valence-corrected chi connectivity index (χ3v) is 2.96. The number of nitrogens with zero attached hydrogens (tertiary/aromatic N) is 1. The highest BCUT2D eigenvalue weighted by Crippen LogP contribution is 2.19. The molecule has 2 heteroatoms. The molecule has 2 nitrogen and oxygen atoms in total. The van der Waals surface area contributed by atoms with Gasteiger partial charge in [0.2, 0.25) is 0 Å². The van der Waals surface area contributed by atoms with E-state index in [0.29, 0.717) is 5.92 Å². The lowest BCUT2D eigenvalue weighted by atomic mass is 10.1. The summed E-state index contributed by atoms with van der Waals surface area (Å²) < 4.78 is 7.89. The average Bonchev–Trinajstić information content (AvgIpc) is 2.69. The van der Waals surface area contributed by atoms with Crippen LogP contribution in [0.25, 0.3) is 10.9 Å². The van der Waals surface area contributed by atoms with E-state index in [1.807, 2.05) is 0 Å². The van der Waals surface area contributed by atoms with Gasteiger partial charge in [0.1, 0.15) is 0 Å². The van der Waals surface area contributed by atoms with Crippen molar-refractivity contribution in [3.63, 3.8) is 0 Å². The summed E-state index contributed by atoms with van der Waals surface area (Å²) in [5, 5.41) is 1.34. The van der Waals surface area contributed by atoms with Crippen LogP contribution in [0.3, 0.4) is 0 Å². The molecule has 0 aliphatic rings. The van der Waals surface area contributed by atoms with E-state index in [9.17, 15) is 0 Å². The first kappa shape index (κ1) is 12.2. The van der Waals surface area contributed by atoms with Crippen molar-refractivity contribution in [1.29, 1.82) is 0 Å². The molecule has 1 aromatic carbocycles. The van der Waals surface area contributed by atoms with Crippen LogP contribution in [0.4, 0.5) is 0 Å². The maximum atomic E-state index is 5.63. The van der Waals surface area contributed by atoms with Crippen LogP contribution in [-0.4, -0.2) is 17.8 Å². The third-order valence-electron chi connectivity index (χ3n) is 2.96. The molecule has 0 spiro atoms. The van der Waals surface area contributed by atoms with Crippen LogP contribution in [0.15, 0.2) is 30.5 Å². The van der Waals surface area contributed by atoms with Crippen LogP contribution in [0, 0.1) is 12.8 Å². The van der Waals surface area contributed by atoms with Crippen molar-refractivity contribution >= 4 is 10.9 Å². The van der Waals surface area contributed by atoms with E-state index in [0.717, 1.165) is 19.8 Å². The number of hydrogen-bond acceptors (Lipinski definition) is 1. The van der Waals surface area contributed by atoms with Crippen molar-refractivity contribution in [1.82, 2.24) is 4.57 Å². The molecular weight excluding hydrogens is 210 g/mol. The molecular formula is C15H21NO. The zero-order valence-corrected chi connectivity index (χ0v) is 10.9. The second-order valence-corrected chi connectivity index (χ2v) is 4.99. The van der Waals surface area contributed by atoms with Crippen LogP contribution >= 0.6 is 0 Å². The Balaban J connectivity index is 2.02. The Morgan fingerprint density at radius 2 is 2.06 bits per heavy atom. The van der Waals surface area contributed by atoms with E-state index in [-0.39, 0.29) is 0 Å². The largest absolute Gasteiger partial charge is 0.379 e. The van der Waals surface area contributed by atoms with E-state index in [2.05, 4.69) is 55.8 Å². The van der Waals surface area contributed by atoms with Crippen molar-refractivity contribution in [2.24, 2.45) is 5.92 Å². The minimum Gasteiger partial charge on any atom is -0.379 e. The second-order valence-electron chi connectivity index (χ2n) is 4.99. The number of aromatic nitrogens is 1. The topological polar surface area (TPSA) is 14.2 Å². The van der Waals surface area contributed by atoms with Gasteiger partial charge >= 0.3 is 0 Å². The maximum absolute atomic E-state index is 5.63. The van der Waals surface area contributed by atoms with Crippen molar-refractivity contribution < 1.29 is 4.74 Å². The minimum absolute atomic E-state index is 0.610. The van der Waals surface area contributed by atoms with Crippen molar-refractivity contribution in [3.8, 4) is 0 Å². The van der Waals surface area contributed by atoms with E-state index in [1.165, 1.54) is 16.5 Å². The molecule has 0 aliphatic carbocycles. The SMILES string of the molecule is Cc1cccc2c1ccn2CCOCC(C)C. The molecule has 0 N–H and O–H groups in total. The van der Waals surface area contributed by atoms with E-state index >= 15 is 0 Å². The molecule has 2 aromatic rings. The molecule has 0 unspecified atom stereocenters. The molecule has 0 saturated carbocycles. The number of aryl methyl sites for hydroxylation is 1. The molecule has 0 bridgehead atoms. The smallest absolute Gasteiger partial charge is 0.0645 e. The fourth-order valence-corrected chi connectivity index (χ4v) is 2.05. The highest BCUT2D eigenvalue weighted by Gasteiger charge is 2.02. The zero-order chi connectivity index (χ0) is 12.3. The van der Waals surface area contributed by atoms with Gasteiger partial charge in [0, 0.05) is 30.3 Å². The summed E-state index contributed by atoms with van der Waals surface area (Å²) in [5.74, 6) is 0.610. The molecule has 0 saturated heterocycles. The summed E-state index contributed by atoms with van der Waals surface area (Å²) in [7, 11) is 0. The van der Waals surface area contributed by atoms with Gasteiger partial charge in [0.25, 0.3) is 0 Å². The Hall–Kier alpha value is -1.28. The predicted molar refractivity (Wildman–Crippen MR) is 72.3 cm³/mol. The van der Waals surface area contributed by atoms with Gasteiger partial charge in [-0.25, -0.2) is 0 Å². The van der Waals surface area contributed by atoms with Gasteiger partial charge in [-0.3, -0.25) is 0 Å². The van der Waals surface area contributed by atoms with Gasteiger partial charge in [0.15, 0.2) is 0 Å². The Kier molecular flexibility index (Phi) is 3.85. The normalized spacial score (nSPS) is 11.5. The molecule has 0 aliphatic heterocycles. The Labute approximate surface area is 103 Å². The summed E-state index contributed by atoms with van der Waals surface area (Å²) in [6.45, 7) is 9.07. The van der Waals surface area contributed by atoms with E-state index < -0.39 is 0 Å². The zero-order valence-electron chi connectivity index (χ0n) is 10.9. The number of hydrogen-bond donors (Lipinski definition) is 0. The lowest BCUT2D eigenvalue weighted by Gasteiger charge is -2.08. The van der Waals surface area contributed by atoms with Crippen molar-refractivity contribution in [2.45, 2.75) is 27.3 Å². The molecule has 2 rings (SSSR count). The fourth-order valence-electron chi connectivity index (χ4n) is 2.05. The highest BCUT2D eigenvalue weighted by atomic mass is 16.5. The van der Waals surface area contributed by atoms with E-state index in [4.69, 9.17) is 4.74 Å². The molecule has 0 atom stereocenters. The summed E-state index contributed by atoms with van der Waals surface area (Å²) >= 11 is 0. The molecule has 1 aromatic heterocycles. The number of fused-ring (bicyclic) bond motifs is 1. The standard InChI is InChI=1S/C15H21NO/c1-12(2)11-17-10-9-16-8-7-14-13(3)5-4-6-15(14)16/h4-8,12H,9-11H2,1-3H3. The Bertz CT molecular complexity index is 485. The first-order valence-corrected chi connectivity index (χ1v) is 6.30. The predicted octanol–water partition coefficient (Wildman–Crippen LogP) is 3.62. The highest BCUT2D eigenvalue weighted by molar-refractivity contribution is 5.83. The van der Waals surface area contributed by atoms with Crippen molar-refractivity contribution in [3.05, 3.63) is 36.0 Å². The fraction of sp³-hybridized carbons (Fsp3) is 0.467. The van der Waals surface area contributed by atoms with Crippen LogP contribution in [-0.2, 0) is 11.3 Å². The molecule has 1 heterocycles. The van der Waals surface area contributed by atoms with E-state index in [1.54, 1.807) is 0 Å². The number of ether oxygens (including phenoxy) is 1. The van der Waals surface area contributed by atoms with Crippen LogP contribution in [0.2, 0.25) is 0 Å². The molecule has 17 heavy (non-hydrogen) atoms. The maximum Gasteiger partial charge on any atom is 0.0645 e. The molecule has 0 radical (unpaired) electrons. The first-order valence-electron chi connectivity index (χ1n) is 6.30. The summed E-state index contributed by atoms with van der Waals surface area (Å²) in [6, 6.07) is 8.63. The van der Waals surface area contributed by atoms with Gasteiger partial charge in [-0.15, -0.1) is 0 Å². The van der Waals surface area contributed by atoms with Gasteiger partial charge in [-0.2, -0.15) is 0 Å². The van der Waals surface area contributed by atoms with Gasteiger partial charge in [-0.05, 0) is 30.5 Å². The monoisotopic (exact) mass is 231 g/mol. The number of benzene rings is 1. The van der Waals surface area contributed by atoms with Crippen LogP contribution in [0.1, 0.15) is 19.4 Å². The lowest BCUT2D eigenvalue weighted by molar-refractivity contribution is 0.104. The number of rotatable bonds is 5. The first-order chi connectivity index (χ1) is 8.18. The molecule has 0 fully saturated rings. The molecule has 0 amide bonds. The van der Waals surface area contributed by atoms with Crippen molar-refractivity contribution in [2.75, 3.05) is 13.2 Å². The summed E-state index contributed by atoms with van der Waals surface area (Å²) in [4.78, 5) is 0. The third kappa shape index (κ3) is 2.89. The van der Waals surface area contributed by atoms with Crippen LogP contribution in [0.5, 0.6) is 0 Å². The van der Waals surface area contributed by atoms with Crippen LogP contribution < -0.4 is 0 Å². The van der Waals surface area contributed by atoms with Gasteiger partial charge in [-0.1, -0.05) is 26.0 Å². The quantitative estimate of drug-likeness (QED) is 0.717. The second kappa shape index (κ2) is 5.37. The Morgan fingerprint density at radius 1 is 1.24 bits per heavy atom. The van der Waals surface area contributed by atoms with Gasteiger partial charge < -0.3 is 9.30 Å².